The topological polar surface area (TPSA) is 37.8 Å². The van der Waals surface area contributed by atoms with E-state index in [4.69, 9.17) is 0 Å². The Kier molecular flexibility index (Phi) is 4.36. The number of nitrogens with zero attached hydrogens (tertiary/aromatic N) is 2. The fraction of sp³-hybridized carbons (Fsp3) is 0.286. The van der Waals surface area contributed by atoms with Crippen LogP contribution in [-0.2, 0) is 6.54 Å². The van der Waals surface area contributed by atoms with Gasteiger partial charge in [-0.25, -0.2) is 4.39 Å². The number of hydrogen-bond acceptors (Lipinski definition) is 3. The molecule has 94 valence electrons. The van der Waals surface area contributed by atoms with Crippen molar-refractivity contribution < 1.29 is 4.39 Å². The zero-order valence-corrected chi connectivity index (χ0v) is 10.4. The third-order valence-electron chi connectivity index (χ3n) is 2.65. The van der Waals surface area contributed by atoms with E-state index in [1.165, 1.54) is 6.07 Å². The number of benzene rings is 1. The van der Waals surface area contributed by atoms with Crippen molar-refractivity contribution in [1.29, 1.82) is 0 Å². The zero-order valence-electron chi connectivity index (χ0n) is 10.4. The third-order valence-corrected chi connectivity index (χ3v) is 2.65. The number of halogens is 1. The van der Waals surface area contributed by atoms with Gasteiger partial charge in [-0.15, -0.1) is 0 Å². The fourth-order valence-corrected chi connectivity index (χ4v) is 1.80. The third kappa shape index (κ3) is 3.11. The average Bonchev–Trinajstić information content (AvgIpc) is 2.40. The minimum atomic E-state index is -0.226. The van der Waals surface area contributed by atoms with Crippen molar-refractivity contribution in [3.63, 3.8) is 0 Å². The highest BCUT2D eigenvalue weighted by atomic mass is 19.1. The van der Waals surface area contributed by atoms with E-state index < -0.39 is 0 Å². The Labute approximate surface area is 106 Å². The summed E-state index contributed by atoms with van der Waals surface area (Å²) in [5, 5.41) is 3.27. The summed E-state index contributed by atoms with van der Waals surface area (Å²) in [6.07, 6.45) is 6.01. The molecule has 0 aliphatic carbocycles. The number of hydrogen-bond donors (Lipinski definition) is 1. The Morgan fingerprint density at radius 2 is 2.17 bits per heavy atom. The second kappa shape index (κ2) is 6.21. The Morgan fingerprint density at radius 3 is 2.89 bits per heavy atom. The van der Waals surface area contributed by atoms with Crippen LogP contribution in [0.15, 0.2) is 36.8 Å². The summed E-state index contributed by atoms with van der Waals surface area (Å²) in [6.45, 7) is 3.65. The molecule has 4 heteroatoms. The summed E-state index contributed by atoms with van der Waals surface area (Å²) in [6, 6.07) is 4.75. The number of nitrogens with one attached hydrogen (secondary N) is 1. The first kappa shape index (κ1) is 12.6. The number of rotatable bonds is 5. The van der Waals surface area contributed by atoms with Crippen molar-refractivity contribution in [2.24, 2.45) is 0 Å². The second-order valence-corrected chi connectivity index (χ2v) is 4.07. The molecule has 0 saturated carbocycles. The fourth-order valence-electron chi connectivity index (χ4n) is 1.80. The van der Waals surface area contributed by atoms with Crippen LogP contribution in [-0.4, -0.2) is 16.5 Å². The van der Waals surface area contributed by atoms with Crippen LogP contribution in [0.25, 0.3) is 11.3 Å². The quantitative estimate of drug-likeness (QED) is 0.823. The molecule has 0 saturated heterocycles. The first-order valence-corrected chi connectivity index (χ1v) is 6.06. The first-order chi connectivity index (χ1) is 8.81. The first-order valence-electron chi connectivity index (χ1n) is 6.06. The molecule has 0 aliphatic rings. The molecule has 0 spiro atoms. The van der Waals surface area contributed by atoms with Crippen molar-refractivity contribution in [3.8, 4) is 11.3 Å². The molecule has 2 aromatic rings. The van der Waals surface area contributed by atoms with Crippen molar-refractivity contribution in [1.82, 2.24) is 15.3 Å². The standard InChI is InChI=1S/C14H16FN3/c1-2-5-16-9-11-8-12(15)3-4-13(11)14-10-17-6-7-18-14/h3-4,6-8,10,16H,2,5,9H2,1H3. The van der Waals surface area contributed by atoms with Crippen LogP contribution < -0.4 is 5.32 Å². The van der Waals surface area contributed by atoms with Gasteiger partial charge < -0.3 is 5.32 Å². The minimum Gasteiger partial charge on any atom is -0.313 e. The Hall–Kier alpha value is -1.81. The van der Waals surface area contributed by atoms with Crippen molar-refractivity contribution in [2.75, 3.05) is 6.54 Å². The highest BCUT2D eigenvalue weighted by Gasteiger charge is 2.07. The van der Waals surface area contributed by atoms with Gasteiger partial charge in [-0.3, -0.25) is 9.97 Å². The van der Waals surface area contributed by atoms with E-state index in [1.54, 1.807) is 30.7 Å². The number of aromatic nitrogens is 2. The van der Waals surface area contributed by atoms with Gasteiger partial charge in [0.2, 0.25) is 0 Å². The molecule has 0 unspecified atom stereocenters. The molecule has 18 heavy (non-hydrogen) atoms. The van der Waals surface area contributed by atoms with E-state index in [1.807, 2.05) is 0 Å². The van der Waals surface area contributed by atoms with E-state index in [2.05, 4.69) is 22.2 Å². The molecule has 0 amide bonds. The van der Waals surface area contributed by atoms with Crippen LogP contribution >= 0.6 is 0 Å². The van der Waals surface area contributed by atoms with E-state index in [9.17, 15) is 4.39 Å². The lowest BCUT2D eigenvalue weighted by Crippen LogP contribution is -2.14. The molecule has 0 aliphatic heterocycles. The highest BCUT2D eigenvalue weighted by molar-refractivity contribution is 5.62. The van der Waals surface area contributed by atoms with Crippen LogP contribution in [0.1, 0.15) is 18.9 Å². The van der Waals surface area contributed by atoms with Crippen LogP contribution in [0, 0.1) is 5.82 Å². The summed E-state index contributed by atoms with van der Waals surface area (Å²) in [4.78, 5) is 8.30. The molecular formula is C14H16FN3. The maximum Gasteiger partial charge on any atom is 0.123 e. The van der Waals surface area contributed by atoms with Crippen molar-refractivity contribution in [2.45, 2.75) is 19.9 Å². The molecule has 1 aromatic carbocycles. The van der Waals surface area contributed by atoms with Crippen LogP contribution in [0.5, 0.6) is 0 Å². The molecule has 0 atom stereocenters. The molecule has 1 aromatic heterocycles. The molecule has 1 N–H and O–H groups in total. The average molecular weight is 245 g/mol. The monoisotopic (exact) mass is 245 g/mol. The van der Waals surface area contributed by atoms with Gasteiger partial charge in [-0.1, -0.05) is 6.92 Å². The van der Waals surface area contributed by atoms with E-state index >= 15 is 0 Å². The summed E-state index contributed by atoms with van der Waals surface area (Å²) in [7, 11) is 0. The van der Waals surface area contributed by atoms with Crippen molar-refractivity contribution in [3.05, 3.63) is 48.2 Å². The highest BCUT2D eigenvalue weighted by Crippen LogP contribution is 2.21. The van der Waals surface area contributed by atoms with Gasteiger partial charge in [0.05, 0.1) is 11.9 Å². The van der Waals surface area contributed by atoms with Gasteiger partial charge in [0.25, 0.3) is 0 Å². The normalized spacial score (nSPS) is 10.6. The zero-order chi connectivity index (χ0) is 12.8. The molecule has 0 radical (unpaired) electrons. The Morgan fingerprint density at radius 1 is 1.28 bits per heavy atom. The predicted molar refractivity (Wildman–Crippen MR) is 69.4 cm³/mol. The lowest BCUT2D eigenvalue weighted by molar-refractivity contribution is 0.619. The van der Waals surface area contributed by atoms with Gasteiger partial charge in [-0.2, -0.15) is 0 Å². The minimum absolute atomic E-state index is 0.226. The van der Waals surface area contributed by atoms with Crippen LogP contribution in [0.4, 0.5) is 4.39 Å². The Balaban J connectivity index is 2.29. The van der Waals surface area contributed by atoms with Crippen LogP contribution in [0.3, 0.4) is 0 Å². The molecular weight excluding hydrogens is 229 g/mol. The molecule has 0 fully saturated rings. The second-order valence-electron chi connectivity index (χ2n) is 4.07. The van der Waals surface area contributed by atoms with Gasteiger partial charge >= 0.3 is 0 Å². The van der Waals surface area contributed by atoms with E-state index in [0.29, 0.717) is 6.54 Å². The van der Waals surface area contributed by atoms with Crippen LogP contribution in [0.2, 0.25) is 0 Å². The molecule has 2 rings (SSSR count). The van der Waals surface area contributed by atoms with Gasteiger partial charge in [0.1, 0.15) is 5.82 Å². The lowest BCUT2D eigenvalue weighted by Gasteiger charge is -2.09. The Bertz CT molecular complexity index is 500. The maximum atomic E-state index is 13.3. The molecule has 0 bridgehead atoms. The molecule has 3 nitrogen and oxygen atoms in total. The van der Waals surface area contributed by atoms with Crippen molar-refractivity contribution >= 4 is 0 Å². The summed E-state index contributed by atoms with van der Waals surface area (Å²) < 4.78 is 13.3. The van der Waals surface area contributed by atoms with E-state index in [-0.39, 0.29) is 5.82 Å². The lowest BCUT2D eigenvalue weighted by atomic mass is 10.0. The summed E-state index contributed by atoms with van der Waals surface area (Å²) in [5.74, 6) is -0.226. The summed E-state index contributed by atoms with van der Waals surface area (Å²) >= 11 is 0. The maximum absolute atomic E-state index is 13.3. The van der Waals surface area contributed by atoms with Gasteiger partial charge in [0.15, 0.2) is 0 Å². The summed E-state index contributed by atoms with van der Waals surface area (Å²) in [5.41, 5.74) is 2.60. The van der Waals surface area contributed by atoms with E-state index in [0.717, 1.165) is 29.8 Å². The molecule has 1 heterocycles. The van der Waals surface area contributed by atoms with Gasteiger partial charge in [0, 0.05) is 24.5 Å². The largest absolute Gasteiger partial charge is 0.313 e. The van der Waals surface area contributed by atoms with Gasteiger partial charge in [-0.05, 0) is 36.7 Å². The SMILES string of the molecule is CCCNCc1cc(F)ccc1-c1cnccn1. The predicted octanol–water partition coefficient (Wildman–Crippen LogP) is 2.78. The smallest absolute Gasteiger partial charge is 0.123 e.